The lowest BCUT2D eigenvalue weighted by Gasteiger charge is -2.04. The zero-order chi connectivity index (χ0) is 12.1. The number of esters is 1. The van der Waals surface area contributed by atoms with Crippen LogP contribution in [0.5, 0.6) is 0 Å². The number of rotatable bonds is 4. The van der Waals surface area contributed by atoms with E-state index in [9.17, 15) is 9.59 Å². The molecule has 88 valence electrons. The van der Waals surface area contributed by atoms with Crippen LogP contribution < -0.4 is 11.1 Å². The number of aromatic nitrogens is 2. The molecule has 1 heterocycles. The summed E-state index contributed by atoms with van der Waals surface area (Å²) in [6.07, 6.45) is 1.68. The Bertz CT molecular complexity index is 399. The molecule has 1 aromatic heterocycles. The molecule has 1 amide bonds. The number of amides is 1. The highest BCUT2D eigenvalue weighted by Crippen LogP contribution is 2.11. The van der Waals surface area contributed by atoms with E-state index in [4.69, 9.17) is 5.73 Å². The van der Waals surface area contributed by atoms with E-state index >= 15 is 0 Å². The molecule has 3 N–H and O–H groups in total. The van der Waals surface area contributed by atoms with Gasteiger partial charge in [0.15, 0.2) is 5.69 Å². The van der Waals surface area contributed by atoms with Gasteiger partial charge < -0.3 is 20.4 Å². The minimum absolute atomic E-state index is 0.0689. The van der Waals surface area contributed by atoms with Crippen molar-refractivity contribution in [3.8, 4) is 0 Å². The molecule has 1 aromatic rings. The molecule has 16 heavy (non-hydrogen) atoms. The summed E-state index contributed by atoms with van der Waals surface area (Å²) in [6, 6.07) is 0. The third-order valence-electron chi connectivity index (χ3n) is 2.12. The van der Waals surface area contributed by atoms with Crippen molar-refractivity contribution in [3.63, 3.8) is 0 Å². The molecular weight excluding hydrogens is 212 g/mol. The molecule has 0 aromatic carbocycles. The average Bonchev–Trinajstić information content (AvgIpc) is 2.66. The van der Waals surface area contributed by atoms with Crippen LogP contribution in [0.25, 0.3) is 0 Å². The summed E-state index contributed by atoms with van der Waals surface area (Å²) in [5.41, 5.74) is 5.74. The molecule has 0 bridgehead atoms. The predicted molar refractivity (Wildman–Crippen MR) is 56.7 cm³/mol. The van der Waals surface area contributed by atoms with Crippen molar-refractivity contribution >= 4 is 17.7 Å². The number of hydrogen-bond acceptors (Lipinski definition) is 5. The molecule has 0 aliphatic rings. The van der Waals surface area contributed by atoms with Crippen LogP contribution >= 0.6 is 0 Å². The molecule has 7 heteroatoms. The van der Waals surface area contributed by atoms with Gasteiger partial charge in [0.25, 0.3) is 0 Å². The maximum Gasteiger partial charge on any atom is 0.360 e. The van der Waals surface area contributed by atoms with Crippen molar-refractivity contribution in [2.45, 2.75) is 13.0 Å². The summed E-state index contributed by atoms with van der Waals surface area (Å²) in [5.74, 6) is -0.486. The first kappa shape index (κ1) is 12.0. The summed E-state index contributed by atoms with van der Waals surface area (Å²) >= 11 is 0. The fraction of sp³-hybridized carbons (Fsp3) is 0.444. The standard InChI is InChI=1S/C9H14N4O3/c1-11-6(14)3-4-13-5-12-7(8(13)10)9(15)16-2/h5H,3-4,10H2,1-2H3,(H,11,14). The Balaban J connectivity index is 2.72. The lowest BCUT2D eigenvalue weighted by Crippen LogP contribution is -2.19. The van der Waals surface area contributed by atoms with Gasteiger partial charge in [0.1, 0.15) is 5.82 Å². The molecule has 0 unspecified atom stereocenters. The summed E-state index contributed by atoms with van der Waals surface area (Å²) in [7, 11) is 2.81. The van der Waals surface area contributed by atoms with E-state index < -0.39 is 5.97 Å². The second-order valence-electron chi connectivity index (χ2n) is 3.09. The fourth-order valence-electron chi connectivity index (χ4n) is 1.17. The number of carbonyl (C=O) groups is 2. The van der Waals surface area contributed by atoms with Gasteiger partial charge in [-0.3, -0.25) is 4.79 Å². The number of methoxy groups -OCH3 is 1. The van der Waals surface area contributed by atoms with Gasteiger partial charge in [0, 0.05) is 20.0 Å². The number of ether oxygens (including phenoxy) is 1. The van der Waals surface area contributed by atoms with Crippen LogP contribution in [0.4, 0.5) is 5.82 Å². The number of carbonyl (C=O) groups excluding carboxylic acids is 2. The third kappa shape index (κ3) is 2.50. The highest BCUT2D eigenvalue weighted by atomic mass is 16.5. The SMILES string of the molecule is CNC(=O)CCn1cnc(C(=O)OC)c1N. The van der Waals surface area contributed by atoms with Gasteiger partial charge in [0.05, 0.1) is 13.4 Å². The lowest BCUT2D eigenvalue weighted by atomic mass is 10.4. The smallest absolute Gasteiger partial charge is 0.360 e. The molecule has 0 saturated carbocycles. The second-order valence-corrected chi connectivity index (χ2v) is 3.09. The topological polar surface area (TPSA) is 99.2 Å². The Morgan fingerprint density at radius 2 is 2.31 bits per heavy atom. The van der Waals surface area contributed by atoms with Gasteiger partial charge in [-0.25, -0.2) is 9.78 Å². The molecule has 0 atom stereocenters. The predicted octanol–water partition coefficient (Wildman–Crippen LogP) is -0.612. The molecule has 0 aliphatic carbocycles. The minimum atomic E-state index is -0.587. The Morgan fingerprint density at radius 1 is 1.62 bits per heavy atom. The summed E-state index contributed by atoms with van der Waals surface area (Å²) in [4.78, 5) is 26.0. The quantitative estimate of drug-likeness (QED) is 0.667. The van der Waals surface area contributed by atoms with Crippen molar-refractivity contribution in [2.24, 2.45) is 0 Å². The van der Waals surface area contributed by atoms with Crippen LogP contribution in [0.15, 0.2) is 6.33 Å². The number of hydrogen-bond donors (Lipinski definition) is 2. The molecule has 0 fully saturated rings. The minimum Gasteiger partial charge on any atom is -0.464 e. The first-order valence-corrected chi connectivity index (χ1v) is 4.69. The largest absolute Gasteiger partial charge is 0.464 e. The third-order valence-corrected chi connectivity index (χ3v) is 2.12. The number of nitrogens with zero attached hydrogens (tertiary/aromatic N) is 2. The van der Waals surface area contributed by atoms with Crippen LogP contribution in [0.3, 0.4) is 0 Å². The Kier molecular flexibility index (Phi) is 3.87. The summed E-state index contributed by atoms with van der Waals surface area (Å²) in [6.45, 7) is 0.371. The van der Waals surface area contributed by atoms with E-state index in [0.29, 0.717) is 6.54 Å². The van der Waals surface area contributed by atoms with Crippen LogP contribution in [0.2, 0.25) is 0 Å². The van der Waals surface area contributed by atoms with Crippen LogP contribution in [-0.4, -0.2) is 35.6 Å². The Labute approximate surface area is 92.6 Å². The van der Waals surface area contributed by atoms with E-state index in [2.05, 4.69) is 15.0 Å². The Morgan fingerprint density at radius 3 is 2.88 bits per heavy atom. The molecule has 0 aliphatic heterocycles. The van der Waals surface area contributed by atoms with Crippen LogP contribution in [0, 0.1) is 0 Å². The van der Waals surface area contributed by atoms with Crippen LogP contribution in [0.1, 0.15) is 16.9 Å². The molecule has 1 rings (SSSR count). The second kappa shape index (κ2) is 5.15. The maximum atomic E-state index is 11.2. The molecule has 0 saturated heterocycles. The summed E-state index contributed by atoms with van der Waals surface area (Å²) in [5, 5.41) is 2.49. The highest BCUT2D eigenvalue weighted by Gasteiger charge is 2.16. The van der Waals surface area contributed by atoms with E-state index in [-0.39, 0.29) is 23.8 Å². The molecule has 0 radical (unpaired) electrons. The summed E-state index contributed by atoms with van der Waals surface area (Å²) < 4.78 is 6.03. The van der Waals surface area contributed by atoms with Crippen molar-refractivity contribution < 1.29 is 14.3 Å². The fourth-order valence-corrected chi connectivity index (χ4v) is 1.17. The first-order chi connectivity index (χ1) is 7.60. The number of aryl methyl sites for hydroxylation is 1. The maximum absolute atomic E-state index is 11.2. The van der Waals surface area contributed by atoms with Gasteiger partial charge in [-0.2, -0.15) is 0 Å². The Hall–Kier alpha value is -2.05. The zero-order valence-corrected chi connectivity index (χ0v) is 9.19. The van der Waals surface area contributed by atoms with Gasteiger partial charge in [-0.05, 0) is 0 Å². The number of nitrogen functional groups attached to an aromatic ring is 1. The van der Waals surface area contributed by atoms with Crippen molar-refractivity contribution in [2.75, 3.05) is 19.9 Å². The number of imidazole rings is 1. The van der Waals surface area contributed by atoms with E-state index in [0.717, 1.165) is 0 Å². The number of anilines is 1. The van der Waals surface area contributed by atoms with Crippen LogP contribution in [-0.2, 0) is 16.1 Å². The van der Waals surface area contributed by atoms with E-state index in [1.54, 1.807) is 7.05 Å². The van der Waals surface area contributed by atoms with E-state index in [1.807, 2.05) is 0 Å². The van der Waals surface area contributed by atoms with Gasteiger partial charge in [-0.15, -0.1) is 0 Å². The van der Waals surface area contributed by atoms with Crippen molar-refractivity contribution in [3.05, 3.63) is 12.0 Å². The lowest BCUT2D eigenvalue weighted by molar-refractivity contribution is -0.120. The zero-order valence-electron chi connectivity index (χ0n) is 9.19. The molecule has 7 nitrogen and oxygen atoms in total. The average molecular weight is 226 g/mol. The number of nitrogens with two attached hydrogens (primary N) is 1. The first-order valence-electron chi connectivity index (χ1n) is 4.69. The molecular formula is C9H14N4O3. The van der Waals surface area contributed by atoms with Gasteiger partial charge >= 0.3 is 5.97 Å². The van der Waals surface area contributed by atoms with Gasteiger partial charge in [-0.1, -0.05) is 0 Å². The van der Waals surface area contributed by atoms with Crippen molar-refractivity contribution in [1.82, 2.24) is 14.9 Å². The van der Waals surface area contributed by atoms with Gasteiger partial charge in [0.2, 0.25) is 5.91 Å². The monoisotopic (exact) mass is 226 g/mol. The molecule has 0 spiro atoms. The van der Waals surface area contributed by atoms with Crippen molar-refractivity contribution in [1.29, 1.82) is 0 Å². The normalized spacial score (nSPS) is 9.88. The van der Waals surface area contributed by atoms with E-state index in [1.165, 1.54) is 18.0 Å². The number of nitrogens with one attached hydrogen (secondary N) is 1. The highest BCUT2D eigenvalue weighted by molar-refractivity contribution is 5.92.